The highest BCUT2D eigenvalue weighted by atomic mass is 79.9. The van der Waals surface area contributed by atoms with Crippen LogP contribution in [-0.2, 0) is 4.79 Å². The highest BCUT2D eigenvalue weighted by Gasteiger charge is 2.24. The Kier molecular flexibility index (Phi) is 7.19. The number of amidine groups is 1. The third kappa shape index (κ3) is 5.23. The van der Waals surface area contributed by atoms with Gasteiger partial charge in [-0.25, -0.2) is 4.99 Å². The summed E-state index contributed by atoms with van der Waals surface area (Å²) in [4.78, 5) is 17.5. The van der Waals surface area contributed by atoms with Crippen molar-refractivity contribution in [1.29, 1.82) is 5.26 Å². The summed E-state index contributed by atoms with van der Waals surface area (Å²) in [7, 11) is 0. The number of rotatable bonds is 6. The number of nitriles is 1. The number of hydrogen-bond donors (Lipinski definition) is 1. The van der Waals surface area contributed by atoms with Gasteiger partial charge in [-0.15, -0.1) is 0 Å². The van der Waals surface area contributed by atoms with Gasteiger partial charge >= 0.3 is 0 Å². The van der Waals surface area contributed by atoms with Gasteiger partial charge < -0.3 is 14.8 Å². The van der Waals surface area contributed by atoms with Crippen LogP contribution in [0.15, 0.2) is 44.7 Å². The largest absolute Gasteiger partial charge is 0.490 e. The fourth-order valence-corrected chi connectivity index (χ4v) is 3.92. The SMILES string of the molecule is CCOc1cc(/C=C2\SC(=Nc3cc(C)c(Br)c(C)c3)NC2=O)ccc1OCC#N. The van der Waals surface area contributed by atoms with E-state index in [1.54, 1.807) is 18.2 Å². The molecule has 0 saturated carbocycles. The molecule has 0 spiro atoms. The Labute approximate surface area is 188 Å². The zero-order chi connectivity index (χ0) is 21.7. The maximum atomic E-state index is 12.4. The molecule has 154 valence electrons. The van der Waals surface area contributed by atoms with E-state index in [0.717, 1.165) is 26.9 Å². The minimum atomic E-state index is -0.202. The van der Waals surface area contributed by atoms with Crippen molar-refractivity contribution in [3.05, 3.63) is 56.4 Å². The van der Waals surface area contributed by atoms with Gasteiger partial charge in [-0.3, -0.25) is 4.79 Å². The average molecular weight is 486 g/mol. The number of halogens is 1. The summed E-state index contributed by atoms with van der Waals surface area (Å²) in [5.74, 6) is 0.819. The van der Waals surface area contributed by atoms with E-state index < -0.39 is 0 Å². The molecule has 3 rings (SSSR count). The van der Waals surface area contributed by atoms with Gasteiger partial charge in [-0.1, -0.05) is 22.0 Å². The highest BCUT2D eigenvalue weighted by Crippen LogP contribution is 2.33. The molecule has 0 aromatic heterocycles. The fourth-order valence-electron chi connectivity index (χ4n) is 2.85. The van der Waals surface area contributed by atoms with Crippen LogP contribution < -0.4 is 14.8 Å². The first-order valence-electron chi connectivity index (χ1n) is 9.24. The van der Waals surface area contributed by atoms with Crippen molar-refractivity contribution in [3.8, 4) is 17.6 Å². The van der Waals surface area contributed by atoms with E-state index >= 15 is 0 Å². The molecule has 0 radical (unpaired) electrons. The van der Waals surface area contributed by atoms with Crippen molar-refractivity contribution < 1.29 is 14.3 Å². The van der Waals surface area contributed by atoms with Crippen LogP contribution in [0.25, 0.3) is 6.08 Å². The molecule has 1 N–H and O–H groups in total. The normalized spacial score (nSPS) is 15.9. The molecule has 0 unspecified atom stereocenters. The molecule has 2 aromatic rings. The van der Waals surface area contributed by atoms with Crippen LogP contribution in [0.2, 0.25) is 0 Å². The van der Waals surface area contributed by atoms with Gasteiger partial charge in [-0.05, 0) is 79.6 Å². The lowest BCUT2D eigenvalue weighted by Crippen LogP contribution is -2.19. The number of aryl methyl sites for hydroxylation is 2. The van der Waals surface area contributed by atoms with Gasteiger partial charge in [0.25, 0.3) is 5.91 Å². The fraction of sp³-hybridized carbons (Fsp3) is 0.227. The molecular weight excluding hydrogens is 466 g/mol. The maximum absolute atomic E-state index is 12.4. The Balaban J connectivity index is 1.84. The Morgan fingerprint density at radius 3 is 2.60 bits per heavy atom. The van der Waals surface area contributed by atoms with E-state index in [0.29, 0.717) is 28.2 Å². The predicted molar refractivity (Wildman–Crippen MR) is 123 cm³/mol. The summed E-state index contributed by atoms with van der Waals surface area (Å²) in [5.41, 5.74) is 3.75. The molecule has 2 aromatic carbocycles. The lowest BCUT2D eigenvalue weighted by molar-refractivity contribution is -0.115. The second-order valence-electron chi connectivity index (χ2n) is 6.46. The van der Waals surface area contributed by atoms with E-state index in [1.807, 2.05) is 45.0 Å². The van der Waals surface area contributed by atoms with Gasteiger partial charge in [0.05, 0.1) is 17.2 Å². The van der Waals surface area contributed by atoms with Crippen molar-refractivity contribution in [1.82, 2.24) is 5.32 Å². The Bertz CT molecular complexity index is 1070. The van der Waals surface area contributed by atoms with Crippen molar-refractivity contribution in [3.63, 3.8) is 0 Å². The average Bonchev–Trinajstić information content (AvgIpc) is 3.04. The minimum absolute atomic E-state index is 0.0619. The number of amides is 1. The van der Waals surface area contributed by atoms with Gasteiger partial charge in [0.15, 0.2) is 23.3 Å². The highest BCUT2D eigenvalue weighted by molar-refractivity contribution is 9.10. The second kappa shape index (κ2) is 9.83. The first-order valence-corrected chi connectivity index (χ1v) is 10.8. The summed E-state index contributed by atoms with van der Waals surface area (Å²) in [5, 5.41) is 12.1. The molecule has 6 nitrogen and oxygen atoms in total. The number of aliphatic imine (C=N–C) groups is 1. The molecule has 30 heavy (non-hydrogen) atoms. The molecule has 1 amide bonds. The van der Waals surface area contributed by atoms with Crippen LogP contribution in [0, 0.1) is 25.2 Å². The number of nitrogens with zero attached hydrogens (tertiary/aromatic N) is 2. The van der Waals surface area contributed by atoms with Gasteiger partial charge in [-0.2, -0.15) is 5.26 Å². The van der Waals surface area contributed by atoms with Crippen LogP contribution in [0.3, 0.4) is 0 Å². The number of nitrogens with one attached hydrogen (secondary N) is 1. The summed E-state index contributed by atoms with van der Waals surface area (Å²) < 4.78 is 12.0. The molecule has 1 aliphatic heterocycles. The van der Waals surface area contributed by atoms with Gasteiger partial charge in [0.1, 0.15) is 6.07 Å². The Morgan fingerprint density at radius 1 is 1.20 bits per heavy atom. The van der Waals surface area contributed by atoms with Crippen LogP contribution in [0.4, 0.5) is 5.69 Å². The molecule has 1 saturated heterocycles. The lowest BCUT2D eigenvalue weighted by Gasteiger charge is -2.10. The number of carbonyl (C=O) groups is 1. The number of carbonyl (C=O) groups excluding carboxylic acids is 1. The van der Waals surface area contributed by atoms with Crippen LogP contribution in [-0.4, -0.2) is 24.3 Å². The third-order valence-corrected chi connectivity index (χ3v) is 6.32. The topological polar surface area (TPSA) is 83.7 Å². The smallest absolute Gasteiger partial charge is 0.264 e. The first-order chi connectivity index (χ1) is 14.4. The van der Waals surface area contributed by atoms with E-state index in [1.165, 1.54) is 11.8 Å². The first kappa shape index (κ1) is 21.9. The summed E-state index contributed by atoms with van der Waals surface area (Å²) >= 11 is 4.84. The monoisotopic (exact) mass is 485 g/mol. The summed E-state index contributed by atoms with van der Waals surface area (Å²) in [6.07, 6.45) is 1.77. The number of ether oxygens (including phenoxy) is 2. The van der Waals surface area contributed by atoms with Gasteiger partial charge in [0, 0.05) is 4.47 Å². The Hall–Kier alpha value is -2.76. The molecule has 1 aliphatic rings. The van der Waals surface area contributed by atoms with E-state index in [4.69, 9.17) is 14.7 Å². The molecule has 0 atom stereocenters. The molecular formula is C22H20BrN3O3S. The summed E-state index contributed by atoms with van der Waals surface area (Å²) in [6, 6.07) is 11.2. The molecule has 1 heterocycles. The van der Waals surface area contributed by atoms with E-state index in [9.17, 15) is 4.79 Å². The third-order valence-electron chi connectivity index (χ3n) is 4.16. The lowest BCUT2D eigenvalue weighted by atomic mass is 10.1. The zero-order valence-corrected chi connectivity index (χ0v) is 19.2. The molecule has 0 bridgehead atoms. The second-order valence-corrected chi connectivity index (χ2v) is 8.28. The van der Waals surface area contributed by atoms with Crippen LogP contribution >= 0.6 is 27.7 Å². The van der Waals surface area contributed by atoms with Crippen molar-refractivity contribution in [2.75, 3.05) is 13.2 Å². The standard InChI is InChI=1S/C22H20BrN3O3S/c1-4-28-18-11-15(5-6-17(18)29-8-7-24)12-19-21(27)26-22(30-19)25-16-9-13(2)20(23)14(3)10-16/h5-6,9-12H,4,8H2,1-3H3,(H,25,26,27)/b19-12-. The van der Waals surface area contributed by atoms with Gasteiger partial charge in [0.2, 0.25) is 0 Å². The van der Waals surface area contributed by atoms with Crippen molar-refractivity contribution in [2.45, 2.75) is 20.8 Å². The predicted octanol–water partition coefficient (Wildman–Crippen LogP) is 5.26. The van der Waals surface area contributed by atoms with E-state index in [-0.39, 0.29) is 12.5 Å². The molecule has 8 heteroatoms. The minimum Gasteiger partial charge on any atom is -0.490 e. The quantitative estimate of drug-likeness (QED) is 0.564. The van der Waals surface area contributed by atoms with Crippen LogP contribution in [0.1, 0.15) is 23.6 Å². The molecule has 1 fully saturated rings. The van der Waals surface area contributed by atoms with Crippen molar-refractivity contribution >= 4 is 50.5 Å². The number of hydrogen-bond acceptors (Lipinski definition) is 6. The van der Waals surface area contributed by atoms with Crippen LogP contribution in [0.5, 0.6) is 11.5 Å². The zero-order valence-electron chi connectivity index (χ0n) is 16.8. The number of benzene rings is 2. The number of thioether (sulfide) groups is 1. The Morgan fingerprint density at radius 2 is 1.93 bits per heavy atom. The van der Waals surface area contributed by atoms with Crippen molar-refractivity contribution in [2.24, 2.45) is 4.99 Å². The van der Waals surface area contributed by atoms with E-state index in [2.05, 4.69) is 26.2 Å². The maximum Gasteiger partial charge on any atom is 0.264 e. The summed E-state index contributed by atoms with van der Waals surface area (Å²) in [6.45, 7) is 6.28. The molecule has 0 aliphatic carbocycles.